The molecule has 0 atom stereocenters. The third-order valence-corrected chi connectivity index (χ3v) is 4.30. The van der Waals surface area contributed by atoms with E-state index in [1.54, 1.807) is 20.8 Å². The number of hydrogen-bond acceptors (Lipinski definition) is 4. The SMILES string of the molecule is CCN(CC)C(=O)c1cncc(C(=O)N2CCN(C(C)=O)CC2)c1. The number of carbonyl (C=O) groups excluding carboxylic acids is 3. The van der Waals surface area contributed by atoms with Crippen molar-refractivity contribution in [2.75, 3.05) is 39.3 Å². The molecule has 7 nitrogen and oxygen atoms in total. The second-order valence-electron chi connectivity index (χ2n) is 5.74. The van der Waals surface area contributed by atoms with Crippen LogP contribution in [0.2, 0.25) is 0 Å². The zero-order chi connectivity index (χ0) is 17.7. The molecule has 130 valence electrons. The van der Waals surface area contributed by atoms with Gasteiger partial charge in [-0.2, -0.15) is 0 Å². The molecule has 0 aliphatic carbocycles. The van der Waals surface area contributed by atoms with Gasteiger partial charge in [0.2, 0.25) is 5.91 Å². The number of nitrogens with zero attached hydrogens (tertiary/aromatic N) is 4. The van der Waals surface area contributed by atoms with Crippen molar-refractivity contribution in [2.24, 2.45) is 0 Å². The largest absolute Gasteiger partial charge is 0.339 e. The van der Waals surface area contributed by atoms with Gasteiger partial charge in [-0.1, -0.05) is 0 Å². The van der Waals surface area contributed by atoms with Crippen LogP contribution in [0.1, 0.15) is 41.5 Å². The molecule has 0 N–H and O–H groups in total. The molecule has 1 fully saturated rings. The maximum absolute atomic E-state index is 12.6. The van der Waals surface area contributed by atoms with Gasteiger partial charge in [0.05, 0.1) is 11.1 Å². The number of hydrogen-bond donors (Lipinski definition) is 0. The van der Waals surface area contributed by atoms with Crippen molar-refractivity contribution in [3.8, 4) is 0 Å². The molecule has 7 heteroatoms. The van der Waals surface area contributed by atoms with Gasteiger partial charge < -0.3 is 14.7 Å². The fraction of sp³-hybridized carbons (Fsp3) is 0.529. The normalized spacial score (nSPS) is 14.5. The van der Waals surface area contributed by atoms with E-state index < -0.39 is 0 Å². The second kappa shape index (κ2) is 7.90. The summed E-state index contributed by atoms with van der Waals surface area (Å²) in [6.07, 6.45) is 2.98. The van der Waals surface area contributed by atoms with Crippen LogP contribution in [0.25, 0.3) is 0 Å². The van der Waals surface area contributed by atoms with E-state index >= 15 is 0 Å². The molecule has 0 aromatic carbocycles. The van der Waals surface area contributed by atoms with E-state index in [-0.39, 0.29) is 17.7 Å². The Morgan fingerprint density at radius 2 is 1.54 bits per heavy atom. The first kappa shape index (κ1) is 17.9. The Kier molecular flexibility index (Phi) is 5.89. The molecule has 24 heavy (non-hydrogen) atoms. The molecule has 1 aromatic rings. The Morgan fingerprint density at radius 3 is 2.08 bits per heavy atom. The fourth-order valence-electron chi connectivity index (χ4n) is 2.77. The van der Waals surface area contributed by atoms with Crippen LogP contribution in [0, 0.1) is 0 Å². The molecule has 0 spiro atoms. The Bertz CT molecular complexity index is 620. The highest BCUT2D eigenvalue weighted by atomic mass is 16.2. The van der Waals surface area contributed by atoms with Gasteiger partial charge in [-0.05, 0) is 19.9 Å². The lowest BCUT2D eigenvalue weighted by Gasteiger charge is -2.34. The molecular formula is C17H24N4O3. The summed E-state index contributed by atoms with van der Waals surface area (Å²) in [7, 11) is 0. The van der Waals surface area contributed by atoms with Crippen LogP contribution in [0.5, 0.6) is 0 Å². The monoisotopic (exact) mass is 332 g/mol. The van der Waals surface area contributed by atoms with E-state index in [1.165, 1.54) is 19.3 Å². The smallest absolute Gasteiger partial charge is 0.255 e. The molecule has 1 saturated heterocycles. The van der Waals surface area contributed by atoms with Gasteiger partial charge in [-0.25, -0.2) is 0 Å². The van der Waals surface area contributed by atoms with Gasteiger partial charge in [0.1, 0.15) is 0 Å². The van der Waals surface area contributed by atoms with Gasteiger partial charge >= 0.3 is 0 Å². The lowest BCUT2D eigenvalue weighted by molar-refractivity contribution is -0.130. The first-order valence-electron chi connectivity index (χ1n) is 8.27. The van der Waals surface area contributed by atoms with E-state index in [4.69, 9.17) is 0 Å². The summed E-state index contributed by atoms with van der Waals surface area (Å²) in [5, 5.41) is 0. The molecule has 0 saturated carbocycles. The van der Waals surface area contributed by atoms with Crippen LogP contribution in [0.4, 0.5) is 0 Å². The molecular weight excluding hydrogens is 308 g/mol. The van der Waals surface area contributed by atoms with Gasteiger partial charge in [0.15, 0.2) is 0 Å². The maximum atomic E-state index is 12.6. The predicted molar refractivity (Wildman–Crippen MR) is 89.6 cm³/mol. The number of amides is 3. The van der Waals surface area contributed by atoms with Crippen LogP contribution in [-0.2, 0) is 4.79 Å². The van der Waals surface area contributed by atoms with Gasteiger partial charge in [-0.15, -0.1) is 0 Å². The zero-order valence-corrected chi connectivity index (χ0v) is 14.5. The predicted octanol–water partition coefficient (Wildman–Crippen LogP) is 0.868. The Labute approximate surface area is 142 Å². The van der Waals surface area contributed by atoms with E-state index in [0.717, 1.165) is 0 Å². The summed E-state index contributed by atoms with van der Waals surface area (Å²) < 4.78 is 0. The summed E-state index contributed by atoms with van der Waals surface area (Å²) in [6, 6.07) is 1.60. The minimum Gasteiger partial charge on any atom is -0.339 e. The van der Waals surface area contributed by atoms with E-state index in [2.05, 4.69) is 4.98 Å². The first-order chi connectivity index (χ1) is 11.5. The standard InChI is InChI=1S/C17H24N4O3/c1-4-19(5-2)16(23)14-10-15(12-18-11-14)17(24)21-8-6-20(7-9-21)13(3)22/h10-12H,4-9H2,1-3H3. The quantitative estimate of drug-likeness (QED) is 0.820. The maximum Gasteiger partial charge on any atom is 0.255 e. The molecule has 0 bridgehead atoms. The number of rotatable bonds is 4. The minimum absolute atomic E-state index is 0.0237. The van der Waals surface area contributed by atoms with Crippen molar-refractivity contribution in [3.63, 3.8) is 0 Å². The topological polar surface area (TPSA) is 73.8 Å². The van der Waals surface area contributed by atoms with Crippen molar-refractivity contribution in [1.82, 2.24) is 19.7 Å². The van der Waals surface area contributed by atoms with Gasteiger partial charge in [0, 0.05) is 58.6 Å². The van der Waals surface area contributed by atoms with Crippen LogP contribution in [0.15, 0.2) is 18.5 Å². The number of carbonyl (C=O) groups is 3. The van der Waals surface area contributed by atoms with Gasteiger partial charge in [0.25, 0.3) is 11.8 Å². The third kappa shape index (κ3) is 3.90. The first-order valence-corrected chi connectivity index (χ1v) is 8.27. The van der Waals surface area contributed by atoms with Crippen molar-refractivity contribution in [3.05, 3.63) is 29.6 Å². The van der Waals surface area contributed by atoms with E-state index in [0.29, 0.717) is 50.4 Å². The highest BCUT2D eigenvalue weighted by Gasteiger charge is 2.24. The minimum atomic E-state index is -0.153. The molecule has 2 rings (SSSR count). The van der Waals surface area contributed by atoms with E-state index in [1.807, 2.05) is 13.8 Å². The van der Waals surface area contributed by atoms with Crippen molar-refractivity contribution < 1.29 is 14.4 Å². The molecule has 3 amide bonds. The second-order valence-corrected chi connectivity index (χ2v) is 5.74. The number of aromatic nitrogens is 1. The molecule has 1 aliphatic heterocycles. The van der Waals surface area contributed by atoms with Crippen LogP contribution in [0.3, 0.4) is 0 Å². The van der Waals surface area contributed by atoms with E-state index in [9.17, 15) is 14.4 Å². The van der Waals surface area contributed by atoms with Crippen LogP contribution in [-0.4, -0.2) is 76.7 Å². The summed E-state index contributed by atoms with van der Waals surface area (Å²) in [5.74, 6) is -0.251. The Hall–Kier alpha value is -2.44. The Balaban J connectivity index is 2.10. The molecule has 0 unspecified atom stereocenters. The molecule has 0 radical (unpaired) electrons. The number of pyridine rings is 1. The van der Waals surface area contributed by atoms with Gasteiger partial charge in [-0.3, -0.25) is 19.4 Å². The highest BCUT2D eigenvalue weighted by molar-refractivity contribution is 5.99. The zero-order valence-electron chi connectivity index (χ0n) is 14.5. The molecule has 1 aromatic heterocycles. The summed E-state index contributed by atoms with van der Waals surface area (Å²) >= 11 is 0. The summed E-state index contributed by atoms with van der Waals surface area (Å²) in [5.41, 5.74) is 0.830. The summed E-state index contributed by atoms with van der Waals surface area (Å²) in [4.78, 5) is 45.5. The fourth-order valence-corrected chi connectivity index (χ4v) is 2.77. The molecule has 1 aliphatic rings. The van der Waals surface area contributed by atoms with Crippen molar-refractivity contribution >= 4 is 17.7 Å². The molecule has 2 heterocycles. The average Bonchev–Trinajstić information content (AvgIpc) is 2.62. The lowest BCUT2D eigenvalue weighted by atomic mass is 10.1. The number of piperazine rings is 1. The Morgan fingerprint density at radius 1 is 1.00 bits per heavy atom. The lowest BCUT2D eigenvalue weighted by Crippen LogP contribution is -2.50. The van der Waals surface area contributed by atoms with Crippen LogP contribution >= 0.6 is 0 Å². The van der Waals surface area contributed by atoms with Crippen molar-refractivity contribution in [2.45, 2.75) is 20.8 Å². The highest BCUT2D eigenvalue weighted by Crippen LogP contribution is 2.11. The summed E-state index contributed by atoms with van der Waals surface area (Å²) in [6.45, 7) is 8.64. The average molecular weight is 332 g/mol. The van der Waals surface area contributed by atoms with Crippen molar-refractivity contribution in [1.29, 1.82) is 0 Å². The third-order valence-electron chi connectivity index (χ3n) is 4.30. The van der Waals surface area contributed by atoms with Crippen LogP contribution < -0.4 is 0 Å².